The van der Waals surface area contributed by atoms with Crippen molar-refractivity contribution in [1.29, 1.82) is 5.41 Å². The lowest BCUT2D eigenvalue weighted by Gasteiger charge is -2.09. The van der Waals surface area contributed by atoms with Crippen molar-refractivity contribution in [1.82, 2.24) is 4.98 Å². The summed E-state index contributed by atoms with van der Waals surface area (Å²) >= 11 is 5.71. The van der Waals surface area contributed by atoms with Gasteiger partial charge in [-0.15, -0.1) is 0 Å². The lowest BCUT2D eigenvalue weighted by Crippen LogP contribution is -2.12. The average molecular weight is 293 g/mol. The lowest BCUT2D eigenvalue weighted by atomic mass is 9.99. The molecule has 0 atom stereocenters. The van der Waals surface area contributed by atoms with E-state index in [1.54, 1.807) is 0 Å². The number of hydrogen-bond acceptors (Lipinski definition) is 5. The smallest absolute Gasteiger partial charge is 0.214 e. The minimum absolute atomic E-state index is 0.00819. The summed E-state index contributed by atoms with van der Waals surface area (Å²) in [6.45, 7) is 0. The van der Waals surface area contributed by atoms with E-state index in [-0.39, 0.29) is 28.2 Å². The van der Waals surface area contributed by atoms with Crippen LogP contribution in [0.2, 0.25) is 5.02 Å². The summed E-state index contributed by atoms with van der Waals surface area (Å²) in [5, 5.41) is 7.57. The zero-order valence-electron chi connectivity index (χ0n) is 10.2. The molecule has 0 bridgehead atoms. The Morgan fingerprint density at radius 2 is 2.10 bits per heavy atom. The standard InChI is InChI=1S/C13H10ClFN4O/c14-6-3-10(17)12(19-5-6)13(20)7-1-2-9(15)11(18)8(7)4-16/h1-5,16H,17-18H2. The zero-order chi connectivity index (χ0) is 14.9. The van der Waals surface area contributed by atoms with Gasteiger partial charge in [0.05, 0.1) is 16.4 Å². The highest BCUT2D eigenvalue weighted by atomic mass is 35.5. The number of carbonyl (C=O) groups excluding carboxylic acids is 1. The molecule has 0 fully saturated rings. The number of ketones is 1. The molecule has 0 amide bonds. The quantitative estimate of drug-likeness (QED) is 0.458. The molecule has 0 unspecified atom stereocenters. The molecule has 0 aliphatic carbocycles. The minimum Gasteiger partial charge on any atom is -0.397 e. The summed E-state index contributed by atoms with van der Waals surface area (Å²) in [4.78, 5) is 16.2. The minimum atomic E-state index is -0.697. The molecule has 0 spiro atoms. The third kappa shape index (κ3) is 2.33. The zero-order valence-corrected chi connectivity index (χ0v) is 10.9. The SMILES string of the molecule is N=Cc1c(C(=O)c2ncc(Cl)cc2N)ccc(F)c1N. The van der Waals surface area contributed by atoms with Crippen molar-refractivity contribution in [2.24, 2.45) is 0 Å². The van der Waals surface area contributed by atoms with E-state index in [0.29, 0.717) is 5.02 Å². The van der Waals surface area contributed by atoms with Gasteiger partial charge in [-0.25, -0.2) is 9.37 Å². The summed E-state index contributed by atoms with van der Waals surface area (Å²) < 4.78 is 13.3. The first-order chi connectivity index (χ1) is 9.45. The van der Waals surface area contributed by atoms with Gasteiger partial charge >= 0.3 is 0 Å². The van der Waals surface area contributed by atoms with Crippen molar-refractivity contribution in [3.63, 3.8) is 0 Å². The molecule has 1 heterocycles. The van der Waals surface area contributed by atoms with Crippen LogP contribution < -0.4 is 11.5 Å². The molecule has 20 heavy (non-hydrogen) atoms. The number of nitrogens with zero attached hydrogens (tertiary/aromatic N) is 1. The number of hydrogen-bond donors (Lipinski definition) is 3. The molecule has 102 valence electrons. The highest BCUT2D eigenvalue weighted by Crippen LogP contribution is 2.24. The maximum Gasteiger partial charge on any atom is 0.214 e. The van der Waals surface area contributed by atoms with Crippen LogP contribution in [0.25, 0.3) is 0 Å². The summed E-state index contributed by atoms with van der Waals surface area (Å²) in [5.74, 6) is -1.25. The second-order valence-electron chi connectivity index (χ2n) is 3.99. The van der Waals surface area contributed by atoms with E-state index < -0.39 is 11.6 Å². The van der Waals surface area contributed by atoms with Crippen molar-refractivity contribution >= 4 is 35.0 Å². The largest absolute Gasteiger partial charge is 0.397 e. The van der Waals surface area contributed by atoms with Gasteiger partial charge in [0, 0.05) is 23.5 Å². The van der Waals surface area contributed by atoms with E-state index in [4.69, 9.17) is 28.5 Å². The van der Waals surface area contributed by atoms with E-state index in [9.17, 15) is 9.18 Å². The van der Waals surface area contributed by atoms with Gasteiger partial charge in [-0.05, 0) is 18.2 Å². The van der Waals surface area contributed by atoms with E-state index >= 15 is 0 Å². The Kier molecular flexibility index (Phi) is 3.67. The fourth-order valence-corrected chi connectivity index (χ4v) is 1.90. The highest BCUT2D eigenvalue weighted by molar-refractivity contribution is 6.31. The number of aromatic nitrogens is 1. The van der Waals surface area contributed by atoms with Gasteiger partial charge in [0.25, 0.3) is 0 Å². The Labute approximate surface area is 118 Å². The van der Waals surface area contributed by atoms with Gasteiger partial charge in [0.15, 0.2) is 0 Å². The van der Waals surface area contributed by atoms with Crippen molar-refractivity contribution < 1.29 is 9.18 Å². The molecular formula is C13H10ClFN4O. The predicted molar refractivity (Wildman–Crippen MR) is 75.8 cm³/mol. The molecular weight excluding hydrogens is 283 g/mol. The molecule has 1 aromatic heterocycles. The van der Waals surface area contributed by atoms with E-state index in [1.165, 1.54) is 18.3 Å². The van der Waals surface area contributed by atoms with Crippen molar-refractivity contribution in [3.8, 4) is 0 Å². The van der Waals surface area contributed by atoms with Crippen molar-refractivity contribution in [3.05, 3.63) is 52.1 Å². The third-order valence-corrected chi connectivity index (χ3v) is 2.93. The van der Waals surface area contributed by atoms with Crippen LogP contribution in [0.4, 0.5) is 15.8 Å². The number of rotatable bonds is 3. The van der Waals surface area contributed by atoms with Gasteiger partial charge in [0.2, 0.25) is 5.78 Å². The Bertz CT molecular complexity index is 718. The summed E-state index contributed by atoms with van der Waals surface area (Å²) in [5.41, 5.74) is 11.1. The second-order valence-corrected chi connectivity index (χ2v) is 4.42. The number of halogens is 2. The first-order valence-electron chi connectivity index (χ1n) is 5.50. The maximum absolute atomic E-state index is 13.3. The summed E-state index contributed by atoms with van der Waals surface area (Å²) in [6, 6.07) is 3.69. The molecule has 5 nitrogen and oxygen atoms in total. The molecule has 0 aliphatic rings. The van der Waals surface area contributed by atoms with Gasteiger partial charge in [-0.3, -0.25) is 4.79 Å². The van der Waals surface area contributed by atoms with Crippen LogP contribution in [0, 0.1) is 11.2 Å². The molecule has 2 aromatic rings. The van der Waals surface area contributed by atoms with E-state index in [2.05, 4.69) is 4.98 Å². The summed E-state index contributed by atoms with van der Waals surface area (Å²) in [7, 11) is 0. The number of nitrogens with two attached hydrogens (primary N) is 2. The molecule has 2 rings (SSSR count). The van der Waals surface area contributed by atoms with Crippen LogP contribution in [-0.4, -0.2) is 17.0 Å². The van der Waals surface area contributed by atoms with Crippen molar-refractivity contribution in [2.45, 2.75) is 0 Å². The average Bonchev–Trinajstić information content (AvgIpc) is 2.41. The molecule has 0 saturated carbocycles. The van der Waals surface area contributed by atoms with Gasteiger partial charge < -0.3 is 16.9 Å². The Balaban J connectivity index is 2.59. The van der Waals surface area contributed by atoms with Gasteiger partial charge in [-0.1, -0.05) is 11.6 Å². The van der Waals surface area contributed by atoms with Crippen LogP contribution in [0.1, 0.15) is 21.6 Å². The topological polar surface area (TPSA) is 106 Å². The molecule has 0 aliphatic heterocycles. The number of anilines is 2. The van der Waals surface area contributed by atoms with E-state index in [1.807, 2.05) is 0 Å². The fourth-order valence-electron chi connectivity index (χ4n) is 1.74. The lowest BCUT2D eigenvalue weighted by molar-refractivity contribution is 0.103. The van der Waals surface area contributed by atoms with Crippen LogP contribution >= 0.6 is 11.6 Å². The summed E-state index contributed by atoms with van der Waals surface area (Å²) in [6.07, 6.45) is 2.10. The molecule has 0 radical (unpaired) electrons. The third-order valence-electron chi connectivity index (χ3n) is 2.72. The Hall–Kier alpha value is -2.47. The normalized spacial score (nSPS) is 10.3. The van der Waals surface area contributed by atoms with Crippen LogP contribution in [0.15, 0.2) is 24.4 Å². The van der Waals surface area contributed by atoms with Crippen molar-refractivity contribution in [2.75, 3.05) is 11.5 Å². The first-order valence-corrected chi connectivity index (χ1v) is 5.87. The van der Waals surface area contributed by atoms with Gasteiger partial charge in [0.1, 0.15) is 11.5 Å². The molecule has 7 heteroatoms. The molecule has 1 aromatic carbocycles. The van der Waals surface area contributed by atoms with Gasteiger partial charge in [-0.2, -0.15) is 0 Å². The van der Waals surface area contributed by atoms with Crippen LogP contribution in [-0.2, 0) is 0 Å². The monoisotopic (exact) mass is 292 g/mol. The first kappa shape index (κ1) is 14.0. The Morgan fingerprint density at radius 3 is 2.70 bits per heavy atom. The van der Waals surface area contributed by atoms with E-state index in [0.717, 1.165) is 12.3 Å². The molecule has 0 saturated heterocycles. The molecule has 5 N–H and O–H groups in total. The fraction of sp³-hybridized carbons (Fsp3) is 0. The number of carbonyl (C=O) groups is 1. The highest BCUT2D eigenvalue weighted by Gasteiger charge is 2.20. The van der Waals surface area contributed by atoms with Crippen LogP contribution in [0.5, 0.6) is 0 Å². The predicted octanol–water partition coefficient (Wildman–Crippen LogP) is 2.27. The maximum atomic E-state index is 13.3. The number of pyridine rings is 1. The second kappa shape index (κ2) is 5.26. The number of nitrogens with one attached hydrogen (secondary N) is 1. The number of benzene rings is 1. The number of nitrogen functional groups attached to an aromatic ring is 2. The Morgan fingerprint density at radius 1 is 1.40 bits per heavy atom. The van der Waals surface area contributed by atoms with Crippen LogP contribution in [0.3, 0.4) is 0 Å².